The second-order valence-corrected chi connectivity index (χ2v) is 3.51. The zero-order valence-corrected chi connectivity index (χ0v) is 9.44. The summed E-state index contributed by atoms with van der Waals surface area (Å²) < 4.78 is 5.29. The average molecular weight is 208 g/mol. The first-order chi connectivity index (χ1) is 5.93. The number of morpholine rings is 1. The maximum Gasteiger partial charge on any atom is 0.0594 e. The monoisotopic (exact) mass is 207 g/mol. The second-order valence-electron chi connectivity index (χ2n) is 3.51. The largest absolute Gasteiger partial charge is 0.379 e. The molecular weight excluding hydrogens is 186 g/mol. The van der Waals surface area contributed by atoms with Gasteiger partial charge in [-0.25, -0.2) is 0 Å². The van der Waals surface area contributed by atoms with Gasteiger partial charge in [0.25, 0.3) is 0 Å². The van der Waals surface area contributed by atoms with E-state index in [4.69, 9.17) is 4.74 Å². The van der Waals surface area contributed by atoms with Crippen molar-refractivity contribution in [1.82, 2.24) is 4.90 Å². The first kappa shape index (κ1) is 13.2. The van der Waals surface area contributed by atoms with E-state index in [1.165, 1.54) is 32.2 Å². The lowest BCUT2D eigenvalue weighted by atomic mass is 10.2. The normalized spacial score (nSPS) is 18.2. The molecule has 0 radical (unpaired) electrons. The molecule has 0 aliphatic carbocycles. The van der Waals surface area contributed by atoms with Gasteiger partial charge in [-0.15, -0.1) is 12.4 Å². The molecular formula is C10H22ClNO. The van der Waals surface area contributed by atoms with E-state index in [1.54, 1.807) is 0 Å². The van der Waals surface area contributed by atoms with Gasteiger partial charge < -0.3 is 4.74 Å². The SMILES string of the molecule is CCCCCCN1CCOCC1.Cl. The van der Waals surface area contributed by atoms with Crippen LogP contribution in [0.25, 0.3) is 0 Å². The van der Waals surface area contributed by atoms with Crippen molar-refractivity contribution in [2.75, 3.05) is 32.8 Å². The van der Waals surface area contributed by atoms with Gasteiger partial charge in [-0.3, -0.25) is 4.90 Å². The predicted octanol–water partition coefficient (Wildman–Crippen LogP) is 2.32. The Labute approximate surface area is 88.0 Å². The van der Waals surface area contributed by atoms with Crippen molar-refractivity contribution in [3.63, 3.8) is 0 Å². The third-order valence-corrected chi connectivity index (χ3v) is 2.43. The third kappa shape index (κ3) is 6.30. The summed E-state index contributed by atoms with van der Waals surface area (Å²) in [5, 5.41) is 0. The molecule has 13 heavy (non-hydrogen) atoms. The van der Waals surface area contributed by atoms with Crippen LogP contribution in [-0.4, -0.2) is 37.7 Å². The fourth-order valence-electron chi connectivity index (χ4n) is 1.59. The van der Waals surface area contributed by atoms with Crippen LogP contribution in [0.1, 0.15) is 32.6 Å². The van der Waals surface area contributed by atoms with Crippen molar-refractivity contribution < 1.29 is 4.74 Å². The van der Waals surface area contributed by atoms with E-state index in [0.717, 1.165) is 26.3 Å². The molecule has 1 rings (SSSR count). The molecule has 3 heteroatoms. The molecule has 0 aromatic carbocycles. The zero-order chi connectivity index (χ0) is 8.65. The summed E-state index contributed by atoms with van der Waals surface area (Å²) in [5.41, 5.74) is 0. The molecule has 0 spiro atoms. The quantitative estimate of drug-likeness (QED) is 0.642. The molecule has 0 aromatic heterocycles. The highest BCUT2D eigenvalue weighted by Gasteiger charge is 2.08. The van der Waals surface area contributed by atoms with Gasteiger partial charge in [-0.05, 0) is 13.0 Å². The van der Waals surface area contributed by atoms with Crippen LogP contribution in [0.3, 0.4) is 0 Å². The lowest BCUT2D eigenvalue weighted by Gasteiger charge is -2.26. The highest BCUT2D eigenvalue weighted by atomic mass is 35.5. The average Bonchev–Trinajstić information content (AvgIpc) is 2.14. The van der Waals surface area contributed by atoms with Gasteiger partial charge in [0, 0.05) is 13.1 Å². The van der Waals surface area contributed by atoms with E-state index >= 15 is 0 Å². The summed E-state index contributed by atoms with van der Waals surface area (Å²) in [6.45, 7) is 7.71. The Morgan fingerprint density at radius 3 is 2.38 bits per heavy atom. The van der Waals surface area contributed by atoms with E-state index in [-0.39, 0.29) is 12.4 Å². The van der Waals surface area contributed by atoms with Gasteiger partial charge in [-0.2, -0.15) is 0 Å². The molecule has 0 N–H and O–H groups in total. The Morgan fingerprint density at radius 1 is 1.08 bits per heavy atom. The third-order valence-electron chi connectivity index (χ3n) is 2.43. The summed E-state index contributed by atoms with van der Waals surface area (Å²) in [4.78, 5) is 2.51. The van der Waals surface area contributed by atoms with Gasteiger partial charge in [-0.1, -0.05) is 26.2 Å². The predicted molar refractivity (Wildman–Crippen MR) is 58.6 cm³/mol. The maximum atomic E-state index is 5.29. The van der Waals surface area contributed by atoms with Crippen LogP contribution in [-0.2, 0) is 4.74 Å². The van der Waals surface area contributed by atoms with Crippen LogP contribution in [0.2, 0.25) is 0 Å². The summed E-state index contributed by atoms with van der Waals surface area (Å²) in [5.74, 6) is 0. The maximum absolute atomic E-state index is 5.29. The zero-order valence-electron chi connectivity index (χ0n) is 8.63. The van der Waals surface area contributed by atoms with Gasteiger partial charge >= 0.3 is 0 Å². The Morgan fingerprint density at radius 2 is 1.77 bits per heavy atom. The van der Waals surface area contributed by atoms with Gasteiger partial charge in [0.15, 0.2) is 0 Å². The van der Waals surface area contributed by atoms with Crippen LogP contribution in [0.15, 0.2) is 0 Å². The number of halogens is 1. The minimum Gasteiger partial charge on any atom is -0.379 e. The molecule has 0 atom stereocenters. The smallest absolute Gasteiger partial charge is 0.0594 e. The summed E-state index contributed by atoms with van der Waals surface area (Å²) in [6, 6.07) is 0. The van der Waals surface area contributed by atoms with E-state index in [9.17, 15) is 0 Å². The van der Waals surface area contributed by atoms with Crippen LogP contribution in [0, 0.1) is 0 Å². The van der Waals surface area contributed by atoms with Crippen molar-refractivity contribution in [1.29, 1.82) is 0 Å². The Kier molecular flexibility index (Phi) is 8.93. The van der Waals surface area contributed by atoms with E-state index in [0.29, 0.717) is 0 Å². The molecule has 0 amide bonds. The molecule has 1 saturated heterocycles. The number of hydrogen-bond acceptors (Lipinski definition) is 2. The van der Waals surface area contributed by atoms with Crippen molar-refractivity contribution in [3.8, 4) is 0 Å². The number of ether oxygens (including phenoxy) is 1. The molecule has 0 aromatic rings. The second kappa shape index (κ2) is 8.79. The lowest BCUT2D eigenvalue weighted by Crippen LogP contribution is -2.36. The topological polar surface area (TPSA) is 12.5 Å². The van der Waals surface area contributed by atoms with Crippen LogP contribution in [0.4, 0.5) is 0 Å². The molecule has 0 bridgehead atoms. The number of nitrogens with zero attached hydrogens (tertiary/aromatic N) is 1. The number of rotatable bonds is 5. The minimum atomic E-state index is 0. The molecule has 1 heterocycles. The number of hydrogen-bond donors (Lipinski definition) is 0. The minimum absolute atomic E-state index is 0. The first-order valence-electron chi connectivity index (χ1n) is 5.23. The Balaban J connectivity index is 0.00000144. The van der Waals surface area contributed by atoms with E-state index < -0.39 is 0 Å². The Hall–Kier alpha value is 0.210. The van der Waals surface area contributed by atoms with Crippen LogP contribution >= 0.6 is 12.4 Å². The van der Waals surface area contributed by atoms with E-state index in [1.807, 2.05) is 0 Å². The van der Waals surface area contributed by atoms with Crippen molar-refractivity contribution in [2.24, 2.45) is 0 Å². The first-order valence-corrected chi connectivity index (χ1v) is 5.23. The fraction of sp³-hybridized carbons (Fsp3) is 1.00. The van der Waals surface area contributed by atoms with Crippen LogP contribution < -0.4 is 0 Å². The molecule has 0 unspecified atom stereocenters. The van der Waals surface area contributed by atoms with Crippen molar-refractivity contribution >= 4 is 12.4 Å². The number of unbranched alkanes of at least 4 members (excludes halogenated alkanes) is 3. The lowest BCUT2D eigenvalue weighted by molar-refractivity contribution is 0.0371. The fourth-order valence-corrected chi connectivity index (χ4v) is 1.59. The van der Waals surface area contributed by atoms with Gasteiger partial charge in [0.05, 0.1) is 13.2 Å². The van der Waals surface area contributed by atoms with Gasteiger partial charge in [0.1, 0.15) is 0 Å². The highest BCUT2D eigenvalue weighted by Crippen LogP contribution is 2.03. The standard InChI is InChI=1S/C10H21NO.ClH/c1-2-3-4-5-6-11-7-9-12-10-8-11;/h2-10H2,1H3;1H. The molecule has 1 aliphatic heterocycles. The summed E-state index contributed by atoms with van der Waals surface area (Å²) in [7, 11) is 0. The highest BCUT2D eigenvalue weighted by molar-refractivity contribution is 5.85. The Bertz CT molecular complexity index is 105. The van der Waals surface area contributed by atoms with Crippen LogP contribution in [0.5, 0.6) is 0 Å². The molecule has 1 fully saturated rings. The molecule has 2 nitrogen and oxygen atoms in total. The van der Waals surface area contributed by atoms with Crippen molar-refractivity contribution in [2.45, 2.75) is 32.6 Å². The summed E-state index contributed by atoms with van der Waals surface area (Å²) in [6.07, 6.45) is 5.50. The summed E-state index contributed by atoms with van der Waals surface area (Å²) >= 11 is 0. The molecule has 0 saturated carbocycles. The molecule has 1 aliphatic rings. The van der Waals surface area contributed by atoms with E-state index in [2.05, 4.69) is 11.8 Å². The van der Waals surface area contributed by atoms with Crippen molar-refractivity contribution in [3.05, 3.63) is 0 Å². The van der Waals surface area contributed by atoms with Gasteiger partial charge in [0.2, 0.25) is 0 Å². The molecule has 80 valence electrons.